The van der Waals surface area contributed by atoms with E-state index in [1.807, 2.05) is 0 Å². The average molecular weight is 238 g/mol. The minimum absolute atomic E-state index is 0.138. The number of anilines is 1. The van der Waals surface area contributed by atoms with Crippen molar-refractivity contribution in [3.8, 4) is 0 Å². The van der Waals surface area contributed by atoms with Gasteiger partial charge in [0, 0.05) is 13.1 Å². The Labute approximate surface area is 102 Å². The summed E-state index contributed by atoms with van der Waals surface area (Å²) in [6.07, 6.45) is 4.60. The van der Waals surface area contributed by atoms with E-state index in [0.717, 1.165) is 19.5 Å². The topological polar surface area (TPSA) is 68.2 Å². The number of aromatic nitrogens is 2. The van der Waals surface area contributed by atoms with Crippen molar-refractivity contribution in [1.82, 2.24) is 10.1 Å². The van der Waals surface area contributed by atoms with Crippen molar-refractivity contribution in [3.05, 3.63) is 5.89 Å². The fourth-order valence-electron chi connectivity index (χ4n) is 2.21. The molecule has 0 saturated carbocycles. The summed E-state index contributed by atoms with van der Waals surface area (Å²) < 4.78 is 5.25. The lowest BCUT2D eigenvalue weighted by atomic mass is 10.0. The number of hydrogen-bond acceptors (Lipinski definition) is 5. The SMILES string of the molecule is CC(C)C[C@H](N)c1nc(N2CCCCC2)no1. The van der Waals surface area contributed by atoms with Crippen LogP contribution in [0.1, 0.15) is 51.5 Å². The van der Waals surface area contributed by atoms with Crippen molar-refractivity contribution < 1.29 is 4.52 Å². The van der Waals surface area contributed by atoms with Crippen LogP contribution in [0.25, 0.3) is 0 Å². The quantitative estimate of drug-likeness (QED) is 0.870. The number of rotatable bonds is 4. The molecule has 0 radical (unpaired) electrons. The lowest BCUT2D eigenvalue weighted by molar-refractivity contribution is 0.334. The molecular weight excluding hydrogens is 216 g/mol. The smallest absolute Gasteiger partial charge is 0.266 e. The van der Waals surface area contributed by atoms with Gasteiger partial charge in [0.1, 0.15) is 0 Å². The molecule has 1 fully saturated rings. The van der Waals surface area contributed by atoms with Crippen LogP contribution in [0.3, 0.4) is 0 Å². The lowest BCUT2D eigenvalue weighted by Gasteiger charge is -2.24. The molecule has 1 saturated heterocycles. The maximum absolute atomic E-state index is 6.02. The molecule has 5 nitrogen and oxygen atoms in total. The van der Waals surface area contributed by atoms with E-state index in [9.17, 15) is 0 Å². The van der Waals surface area contributed by atoms with Crippen molar-refractivity contribution >= 4 is 5.95 Å². The Bertz CT molecular complexity index is 344. The normalized spacial score (nSPS) is 18.7. The largest absolute Gasteiger partial charge is 0.338 e. The maximum atomic E-state index is 6.02. The van der Waals surface area contributed by atoms with E-state index >= 15 is 0 Å². The molecule has 2 heterocycles. The average Bonchev–Trinajstić information content (AvgIpc) is 2.78. The number of nitrogens with two attached hydrogens (primary N) is 1. The Morgan fingerprint density at radius 1 is 1.29 bits per heavy atom. The van der Waals surface area contributed by atoms with E-state index in [0.29, 0.717) is 17.8 Å². The van der Waals surface area contributed by atoms with Gasteiger partial charge >= 0.3 is 0 Å². The van der Waals surface area contributed by atoms with Gasteiger partial charge in [-0.1, -0.05) is 13.8 Å². The Balaban J connectivity index is 1.99. The summed E-state index contributed by atoms with van der Waals surface area (Å²) in [5.74, 6) is 1.81. The zero-order valence-corrected chi connectivity index (χ0v) is 10.7. The van der Waals surface area contributed by atoms with Gasteiger partial charge in [-0.25, -0.2) is 0 Å². The van der Waals surface area contributed by atoms with Crippen molar-refractivity contribution in [2.24, 2.45) is 11.7 Å². The van der Waals surface area contributed by atoms with E-state index in [1.165, 1.54) is 19.3 Å². The van der Waals surface area contributed by atoms with Gasteiger partial charge < -0.3 is 15.2 Å². The van der Waals surface area contributed by atoms with E-state index in [2.05, 4.69) is 28.9 Å². The maximum Gasteiger partial charge on any atom is 0.266 e. The second-order valence-corrected chi connectivity index (χ2v) is 5.22. The molecule has 1 atom stereocenters. The van der Waals surface area contributed by atoms with Gasteiger partial charge in [0.2, 0.25) is 5.89 Å². The Morgan fingerprint density at radius 3 is 2.65 bits per heavy atom. The molecule has 0 amide bonds. The summed E-state index contributed by atoms with van der Waals surface area (Å²) in [5.41, 5.74) is 6.02. The summed E-state index contributed by atoms with van der Waals surface area (Å²) in [7, 11) is 0. The van der Waals surface area contributed by atoms with Crippen LogP contribution in [0.4, 0.5) is 5.95 Å². The standard InChI is InChI=1S/C12H22N4O/c1-9(2)8-10(13)11-14-12(15-17-11)16-6-4-3-5-7-16/h9-10H,3-8,13H2,1-2H3/t10-/m0/s1. The van der Waals surface area contributed by atoms with Gasteiger partial charge in [-0.3, -0.25) is 0 Å². The minimum Gasteiger partial charge on any atom is -0.338 e. The van der Waals surface area contributed by atoms with E-state index in [1.54, 1.807) is 0 Å². The molecule has 1 aromatic heterocycles. The van der Waals surface area contributed by atoms with E-state index in [-0.39, 0.29) is 6.04 Å². The van der Waals surface area contributed by atoms with Crippen LogP contribution >= 0.6 is 0 Å². The molecule has 5 heteroatoms. The van der Waals surface area contributed by atoms with E-state index < -0.39 is 0 Å². The van der Waals surface area contributed by atoms with Crippen LogP contribution in [-0.4, -0.2) is 23.2 Å². The van der Waals surface area contributed by atoms with Crippen molar-refractivity contribution in [3.63, 3.8) is 0 Å². The third-order valence-corrected chi connectivity index (χ3v) is 3.11. The molecule has 2 N–H and O–H groups in total. The highest BCUT2D eigenvalue weighted by atomic mass is 16.5. The van der Waals surface area contributed by atoms with Gasteiger partial charge in [0.25, 0.3) is 5.95 Å². The molecule has 17 heavy (non-hydrogen) atoms. The summed E-state index contributed by atoms with van der Waals surface area (Å²) in [5, 5.41) is 4.03. The second kappa shape index (κ2) is 5.49. The van der Waals surface area contributed by atoms with Crippen LogP contribution in [0.5, 0.6) is 0 Å². The van der Waals surface area contributed by atoms with Gasteiger partial charge in [-0.05, 0) is 36.8 Å². The molecular formula is C12H22N4O. The van der Waals surface area contributed by atoms with Crippen LogP contribution in [-0.2, 0) is 0 Å². The highest BCUT2D eigenvalue weighted by Gasteiger charge is 2.20. The number of hydrogen-bond donors (Lipinski definition) is 1. The van der Waals surface area contributed by atoms with Gasteiger partial charge in [-0.2, -0.15) is 4.98 Å². The first-order chi connectivity index (χ1) is 8.16. The molecule has 0 unspecified atom stereocenters. The molecule has 1 aliphatic heterocycles. The van der Waals surface area contributed by atoms with Gasteiger partial charge in [0.15, 0.2) is 0 Å². The summed E-state index contributed by atoms with van der Waals surface area (Å²) >= 11 is 0. The lowest BCUT2D eigenvalue weighted by Crippen LogP contribution is -2.30. The third-order valence-electron chi connectivity index (χ3n) is 3.11. The van der Waals surface area contributed by atoms with Gasteiger partial charge in [-0.15, -0.1) is 0 Å². The fourth-order valence-corrected chi connectivity index (χ4v) is 2.21. The molecule has 1 aromatic rings. The predicted molar refractivity (Wildman–Crippen MR) is 66.7 cm³/mol. The molecule has 96 valence electrons. The van der Waals surface area contributed by atoms with Crippen molar-refractivity contribution in [1.29, 1.82) is 0 Å². The van der Waals surface area contributed by atoms with E-state index in [4.69, 9.17) is 10.3 Å². The Morgan fingerprint density at radius 2 is 2.00 bits per heavy atom. The molecule has 2 rings (SSSR count). The van der Waals surface area contributed by atoms with Crippen molar-refractivity contribution in [2.45, 2.75) is 45.6 Å². The molecule has 0 aliphatic carbocycles. The predicted octanol–water partition coefficient (Wildman–Crippen LogP) is 2.11. The minimum atomic E-state index is -0.138. The molecule has 1 aliphatic rings. The monoisotopic (exact) mass is 238 g/mol. The first kappa shape index (κ1) is 12.4. The first-order valence-corrected chi connectivity index (χ1v) is 6.51. The molecule has 0 spiro atoms. The summed E-state index contributed by atoms with van der Waals surface area (Å²) in [6, 6.07) is -0.138. The zero-order chi connectivity index (χ0) is 12.3. The highest BCUT2D eigenvalue weighted by Crippen LogP contribution is 2.21. The number of nitrogens with zero attached hydrogens (tertiary/aromatic N) is 3. The van der Waals surface area contributed by atoms with Crippen LogP contribution in [0.15, 0.2) is 4.52 Å². The second-order valence-electron chi connectivity index (χ2n) is 5.22. The first-order valence-electron chi connectivity index (χ1n) is 6.51. The van der Waals surface area contributed by atoms with Crippen LogP contribution in [0.2, 0.25) is 0 Å². The highest BCUT2D eigenvalue weighted by molar-refractivity contribution is 5.28. The summed E-state index contributed by atoms with van der Waals surface area (Å²) in [6.45, 7) is 6.33. The van der Waals surface area contributed by atoms with Gasteiger partial charge in [0.05, 0.1) is 6.04 Å². The fraction of sp³-hybridized carbons (Fsp3) is 0.833. The summed E-state index contributed by atoms with van der Waals surface area (Å²) in [4.78, 5) is 6.59. The molecule has 0 aromatic carbocycles. The Hall–Kier alpha value is -1.10. The number of piperidine rings is 1. The van der Waals surface area contributed by atoms with Crippen LogP contribution < -0.4 is 10.6 Å². The van der Waals surface area contributed by atoms with Crippen molar-refractivity contribution in [2.75, 3.05) is 18.0 Å². The Kier molecular flexibility index (Phi) is 3.99. The third kappa shape index (κ3) is 3.19. The molecule has 0 bridgehead atoms. The van der Waals surface area contributed by atoms with Crippen LogP contribution in [0, 0.1) is 5.92 Å². The zero-order valence-electron chi connectivity index (χ0n) is 10.7.